The molecule has 0 saturated carbocycles. The third kappa shape index (κ3) is 11.4. The molecule has 1 fully saturated rings. The standard InChI is InChI=1S/C50H61N9O8S/c1-5-58(6-2)32-18-20-36-39(26-32)66-38-25-31(3)17-19-35(38)42(36)33-15-11-12-16-34(33)48(63)57(4)23-21-41(60)53-22-13-9-7-8-10-14-24-68(27-37(51)50(64)65)28-40-44(61)45(62)49(67-40)59-30-56-43-46(52)54-29-55-47(43)59/h10-12,14-20,25-26,29-30,37,40,44-45,49,61-62H,5-9,13,21-24,27-28,51H2,1-4H3,(H2-2,52,53,54,55,60,64,65)/p+2/b14-10+/t37-,40+,44-,45?,49+,68?/m0/s1. The Labute approximate surface area is 398 Å². The van der Waals surface area contributed by atoms with Crippen molar-refractivity contribution < 1.29 is 38.9 Å². The molecule has 2 amide bonds. The first-order valence-corrected chi connectivity index (χ1v) is 24.9. The van der Waals surface area contributed by atoms with E-state index in [4.69, 9.17) is 20.6 Å². The predicted molar refractivity (Wildman–Crippen MR) is 265 cm³/mol. The Morgan fingerprint density at radius 3 is 2.56 bits per heavy atom. The number of rotatable bonds is 21. The summed E-state index contributed by atoms with van der Waals surface area (Å²) in [5.74, 6) is 0.496. The van der Waals surface area contributed by atoms with Crippen LogP contribution in [0.2, 0.25) is 0 Å². The molecule has 2 aromatic carbocycles. The third-order valence-electron chi connectivity index (χ3n) is 12.4. The molecule has 2 aliphatic heterocycles. The van der Waals surface area contributed by atoms with Crippen molar-refractivity contribution in [1.82, 2.24) is 34.3 Å². The van der Waals surface area contributed by atoms with E-state index in [0.717, 1.165) is 83.1 Å². The van der Waals surface area contributed by atoms with Crippen molar-refractivity contribution >= 4 is 56.6 Å². The molecule has 0 radical (unpaired) electrons. The number of benzene rings is 3. The minimum atomic E-state index is -1.29. The Balaban J connectivity index is 0.877. The zero-order valence-corrected chi connectivity index (χ0v) is 39.9. The molecule has 4 heterocycles. The monoisotopic (exact) mass is 949 g/mol. The fourth-order valence-corrected chi connectivity index (χ4v) is 10.8. The fourth-order valence-electron chi connectivity index (χ4n) is 8.64. The van der Waals surface area contributed by atoms with Gasteiger partial charge in [-0.1, -0.05) is 42.8 Å². The molecule has 0 bridgehead atoms. The molecule has 6 atom stereocenters. The number of nitrogens with zero attached hydrogens (tertiary/aromatic N) is 6. The van der Waals surface area contributed by atoms with Crippen LogP contribution in [0, 0.1) is 6.92 Å². The number of aliphatic hydroxyl groups is 2. The Hall–Kier alpha value is -6.18. The lowest BCUT2D eigenvalue weighted by Gasteiger charge is -2.21. The maximum atomic E-state index is 14.1. The number of carbonyl (C=O) groups excluding carboxylic acids is 2. The van der Waals surface area contributed by atoms with Gasteiger partial charge in [-0.05, 0) is 86.3 Å². The van der Waals surface area contributed by atoms with Crippen LogP contribution >= 0.6 is 0 Å². The van der Waals surface area contributed by atoms with Crippen molar-refractivity contribution in [3.8, 4) is 22.5 Å². The molecule has 4 aromatic rings. The van der Waals surface area contributed by atoms with Gasteiger partial charge in [0.05, 0.1) is 12.4 Å². The number of anilines is 1. The molecule has 7 rings (SSSR count). The minimum absolute atomic E-state index is 0.127. The summed E-state index contributed by atoms with van der Waals surface area (Å²) in [6, 6.07) is 18.9. The number of aromatic nitrogens is 4. The Morgan fingerprint density at radius 2 is 1.78 bits per heavy atom. The van der Waals surface area contributed by atoms with E-state index in [1.54, 1.807) is 11.9 Å². The van der Waals surface area contributed by atoms with E-state index in [2.05, 4.69) is 69.0 Å². The van der Waals surface area contributed by atoms with Gasteiger partial charge in [0.25, 0.3) is 5.91 Å². The normalized spacial score (nSPS) is 18.1. The number of fused-ring (bicyclic) bond motifs is 3. The summed E-state index contributed by atoms with van der Waals surface area (Å²) >= 11 is 0. The maximum absolute atomic E-state index is 14.1. The molecule has 1 saturated heterocycles. The number of carboxylic acids is 1. The van der Waals surface area contributed by atoms with Gasteiger partial charge in [-0.25, -0.2) is 19.5 Å². The second kappa shape index (κ2) is 22.7. The van der Waals surface area contributed by atoms with Crippen molar-refractivity contribution in [1.29, 1.82) is 0 Å². The van der Waals surface area contributed by atoms with Crippen LogP contribution in [-0.2, 0) is 25.2 Å². The first kappa shape index (κ1) is 49.7. The number of aliphatic hydroxyl groups excluding tert-OH is 2. The lowest BCUT2D eigenvalue weighted by molar-refractivity contribution is -0.138. The summed E-state index contributed by atoms with van der Waals surface area (Å²) in [5.41, 5.74) is 17.6. The van der Waals surface area contributed by atoms with Crippen LogP contribution < -0.4 is 26.7 Å². The predicted octanol–water partition coefficient (Wildman–Crippen LogP) is 4.09. The molecule has 68 heavy (non-hydrogen) atoms. The number of imidazole rings is 1. The van der Waals surface area contributed by atoms with Gasteiger partial charge in [-0.15, -0.1) is 0 Å². The van der Waals surface area contributed by atoms with Crippen molar-refractivity contribution in [3.63, 3.8) is 0 Å². The Kier molecular flexibility index (Phi) is 16.6. The van der Waals surface area contributed by atoms with Gasteiger partial charge in [-0.3, -0.25) is 19.0 Å². The summed E-state index contributed by atoms with van der Waals surface area (Å²) in [7, 11) is 1.14. The lowest BCUT2D eigenvalue weighted by atomic mass is 9.90. The summed E-state index contributed by atoms with van der Waals surface area (Å²) in [5, 5.41) is 36.4. The number of nitrogens with one attached hydrogen (secondary N) is 1. The van der Waals surface area contributed by atoms with Crippen LogP contribution in [-0.4, -0.2) is 132 Å². The van der Waals surface area contributed by atoms with Crippen LogP contribution in [0.3, 0.4) is 0 Å². The summed E-state index contributed by atoms with van der Waals surface area (Å²) in [4.78, 5) is 52.7. The molecule has 18 heteroatoms. The SMILES string of the molecule is CC[N+](CC)=c1ccc2c(-c3ccccc3C(=O)N(C)CCC(=O)NCCCCC/C=C/C[S+](C[C@H](N)C(=O)O)C[C@H]3O[C@@H](n4cnc5c(N)ncnc54)C(O)[C@H]3O)c3ccc(C)cc3oc-2c1. The number of hydrogen-bond acceptors (Lipinski definition) is 12. The number of aliphatic carboxylic acids is 1. The number of nitrogens with two attached hydrogens (primary N) is 2. The van der Waals surface area contributed by atoms with Crippen LogP contribution in [0.25, 0.3) is 44.6 Å². The Morgan fingerprint density at radius 1 is 0.985 bits per heavy atom. The zero-order chi connectivity index (χ0) is 48.5. The number of carboxylic acid groups (broad SMARTS) is 1. The van der Waals surface area contributed by atoms with Crippen LogP contribution in [0.5, 0.6) is 0 Å². The van der Waals surface area contributed by atoms with Gasteiger partial charge in [0.2, 0.25) is 11.3 Å². The Bertz CT molecular complexity index is 2810. The van der Waals surface area contributed by atoms with Gasteiger partial charge < -0.3 is 46.2 Å². The topological polar surface area (TPSA) is 248 Å². The number of unbranched alkanes of at least 4 members (excludes halogenated alkanes) is 3. The van der Waals surface area contributed by atoms with Crippen molar-refractivity contribution in [3.05, 3.63) is 102 Å². The van der Waals surface area contributed by atoms with E-state index >= 15 is 0 Å². The largest absolute Gasteiger partial charge is 0.480 e. The smallest absolute Gasteiger partial charge is 0.325 e. The van der Waals surface area contributed by atoms with Gasteiger partial charge in [0.1, 0.15) is 77.9 Å². The molecule has 360 valence electrons. The van der Waals surface area contributed by atoms with E-state index in [-0.39, 0.29) is 42.1 Å². The van der Waals surface area contributed by atoms with E-state index in [0.29, 0.717) is 29.0 Å². The minimum Gasteiger partial charge on any atom is -0.480 e. The molecule has 0 spiro atoms. The molecule has 2 unspecified atom stereocenters. The second-order valence-corrected chi connectivity index (χ2v) is 19.4. The van der Waals surface area contributed by atoms with Gasteiger partial charge in [0.15, 0.2) is 17.7 Å². The van der Waals surface area contributed by atoms with Crippen molar-refractivity contribution in [2.75, 3.05) is 56.2 Å². The molecule has 17 nitrogen and oxygen atoms in total. The summed E-state index contributed by atoms with van der Waals surface area (Å²) < 4.78 is 16.4. The van der Waals surface area contributed by atoms with Gasteiger partial charge in [-0.2, -0.15) is 0 Å². The number of aryl methyl sites for hydroxylation is 1. The van der Waals surface area contributed by atoms with E-state index < -0.39 is 47.4 Å². The van der Waals surface area contributed by atoms with Gasteiger partial charge in [0, 0.05) is 54.7 Å². The summed E-state index contributed by atoms with van der Waals surface area (Å²) in [6.45, 7) is 8.79. The molecule has 8 N–H and O–H groups in total. The first-order valence-electron chi connectivity index (χ1n) is 23.2. The molecule has 2 aromatic heterocycles. The zero-order valence-electron chi connectivity index (χ0n) is 39.1. The average molecular weight is 950 g/mol. The summed E-state index contributed by atoms with van der Waals surface area (Å²) in [6.07, 6.45) is 5.95. The lowest BCUT2D eigenvalue weighted by Crippen LogP contribution is -2.42. The molecule has 3 aliphatic rings. The highest BCUT2D eigenvalue weighted by atomic mass is 32.2. The van der Waals surface area contributed by atoms with E-state index in [1.165, 1.54) is 17.2 Å². The highest BCUT2D eigenvalue weighted by molar-refractivity contribution is 7.97. The maximum Gasteiger partial charge on any atom is 0.325 e. The second-order valence-electron chi connectivity index (χ2n) is 17.2. The number of ether oxygens (including phenoxy) is 1. The van der Waals surface area contributed by atoms with Gasteiger partial charge >= 0.3 is 5.97 Å². The van der Waals surface area contributed by atoms with Crippen molar-refractivity contribution in [2.24, 2.45) is 5.73 Å². The molecular formula is C50H63N9O8S+2. The fraction of sp³-hybridized carbons (Fsp3) is 0.420. The van der Waals surface area contributed by atoms with Crippen LogP contribution in [0.4, 0.5) is 5.82 Å². The van der Waals surface area contributed by atoms with Crippen LogP contribution in [0.1, 0.15) is 68.1 Å². The number of amides is 2. The number of nitrogen functional groups attached to an aromatic ring is 1. The quantitative estimate of drug-likeness (QED) is 0.0196. The third-order valence-corrected chi connectivity index (χ3v) is 14.7. The first-order chi connectivity index (χ1) is 32.8. The number of hydrogen-bond donors (Lipinski definition) is 6. The van der Waals surface area contributed by atoms with E-state index in [9.17, 15) is 29.7 Å². The average Bonchev–Trinajstić information content (AvgIpc) is 3.89. The van der Waals surface area contributed by atoms with Crippen LogP contribution in [0.15, 0.2) is 89.9 Å². The number of carbonyl (C=O) groups is 3. The number of allylic oxidation sites excluding steroid dienone is 1. The van der Waals surface area contributed by atoms with Crippen molar-refractivity contribution in [2.45, 2.75) is 83.5 Å². The molecular weight excluding hydrogens is 887 g/mol. The van der Waals surface area contributed by atoms with E-state index in [1.807, 2.05) is 49.4 Å². The highest BCUT2D eigenvalue weighted by Gasteiger charge is 2.47. The highest BCUT2D eigenvalue weighted by Crippen LogP contribution is 2.41. The molecule has 1 aliphatic carbocycles.